The van der Waals surface area contributed by atoms with Crippen LogP contribution in [0.3, 0.4) is 0 Å². The topological polar surface area (TPSA) is 135 Å². The van der Waals surface area contributed by atoms with Crippen molar-refractivity contribution in [1.82, 2.24) is 20.3 Å². The molecule has 0 atom stereocenters. The Morgan fingerprint density at radius 2 is 1.94 bits per heavy atom. The molecule has 0 saturated heterocycles. The van der Waals surface area contributed by atoms with Crippen LogP contribution in [0.15, 0.2) is 18.3 Å². The van der Waals surface area contributed by atoms with Crippen molar-refractivity contribution in [3.63, 3.8) is 0 Å². The van der Waals surface area contributed by atoms with E-state index in [4.69, 9.17) is 10.5 Å². The van der Waals surface area contributed by atoms with Crippen LogP contribution in [-0.4, -0.2) is 52.7 Å². The minimum absolute atomic E-state index is 0.0834. The summed E-state index contributed by atoms with van der Waals surface area (Å²) in [6.07, 6.45) is 2.29. The number of aryl methyl sites for hydroxylation is 1. The van der Waals surface area contributed by atoms with Gasteiger partial charge < -0.3 is 26.0 Å². The summed E-state index contributed by atoms with van der Waals surface area (Å²) in [5, 5.41) is 5.85. The van der Waals surface area contributed by atoms with Crippen molar-refractivity contribution >= 4 is 29.3 Å². The lowest BCUT2D eigenvalue weighted by Crippen LogP contribution is -2.33. The van der Waals surface area contributed by atoms with Crippen LogP contribution in [0, 0.1) is 0 Å². The first-order valence-corrected chi connectivity index (χ1v) is 10.6. The molecule has 0 unspecified atom stereocenters. The van der Waals surface area contributed by atoms with Gasteiger partial charge in [-0.2, -0.15) is 0 Å². The summed E-state index contributed by atoms with van der Waals surface area (Å²) in [6.45, 7) is 10.5. The Hall–Kier alpha value is -3.43. The normalized spacial score (nSPS) is 11.1. The van der Waals surface area contributed by atoms with Crippen molar-refractivity contribution < 1.29 is 14.3 Å². The number of hydrogen-bond donors (Lipinski definition) is 3. The Labute approximate surface area is 189 Å². The molecule has 0 bridgehead atoms. The van der Waals surface area contributed by atoms with Crippen molar-refractivity contribution in [3.8, 4) is 0 Å². The number of alkyl carbamates (subject to hydrolysis) is 1. The van der Waals surface area contributed by atoms with Crippen molar-refractivity contribution in [2.75, 3.05) is 30.4 Å². The van der Waals surface area contributed by atoms with Crippen molar-refractivity contribution in [2.24, 2.45) is 5.73 Å². The molecule has 0 radical (unpaired) electrons. The van der Waals surface area contributed by atoms with Crippen LogP contribution >= 0.6 is 0 Å². The van der Waals surface area contributed by atoms with Gasteiger partial charge in [0, 0.05) is 44.1 Å². The van der Waals surface area contributed by atoms with Crippen LogP contribution < -0.4 is 21.3 Å². The number of pyridine rings is 1. The zero-order chi connectivity index (χ0) is 23.9. The third kappa shape index (κ3) is 7.07. The molecule has 32 heavy (non-hydrogen) atoms. The molecule has 0 aliphatic rings. The summed E-state index contributed by atoms with van der Waals surface area (Å²) >= 11 is 0. The second-order valence-electron chi connectivity index (χ2n) is 8.26. The zero-order valence-electron chi connectivity index (χ0n) is 19.7. The number of rotatable bonds is 9. The van der Waals surface area contributed by atoms with Gasteiger partial charge in [0.1, 0.15) is 5.60 Å². The monoisotopic (exact) mass is 443 g/mol. The highest BCUT2D eigenvalue weighted by Crippen LogP contribution is 2.24. The molecular weight excluding hydrogens is 410 g/mol. The SMILES string of the molecule is CCc1nc(C(N)=O)c(Nc2ccnc(CCNC(=O)OC(C)(C)C)c2)nc1N(C)CC. The van der Waals surface area contributed by atoms with E-state index < -0.39 is 17.6 Å². The predicted molar refractivity (Wildman–Crippen MR) is 124 cm³/mol. The van der Waals surface area contributed by atoms with E-state index in [2.05, 4.69) is 25.6 Å². The fraction of sp³-hybridized carbons (Fsp3) is 0.500. The highest BCUT2D eigenvalue weighted by molar-refractivity contribution is 5.96. The van der Waals surface area contributed by atoms with E-state index in [9.17, 15) is 9.59 Å². The molecule has 0 spiro atoms. The molecule has 174 valence electrons. The van der Waals surface area contributed by atoms with E-state index in [0.29, 0.717) is 36.6 Å². The first-order valence-electron chi connectivity index (χ1n) is 10.6. The molecule has 2 heterocycles. The van der Waals surface area contributed by atoms with E-state index >= 15 is 0 Å². The molecule has 0 aliphatic carbocycles. The summed E-state index contributed by atoms with van der Waals surface area (Å²) in [4.78, 5) is 39.2. The lowest BCUT2D eigenvalue weighted by molar-refractivity contribution is 0.0528. The van der Waals surface area contributed by atoms with Crippen LogP contribution in [0.25, 0.3) is 0 Å². The molecule has 4 N–H and O–H groups in total. The van der Waals surface area contributed by atoms with Gasteiger partial charge in [0.05, 0.1) is 5.69 Å². The number of nitrogens with one attached hydrogen (secondary N) is 2. The number of carbonyl (C=O) groups is 2. The van der Waals surface area contributed by atoms with Crippen LogP contribution in [-0.2, 0) is 17.6 Å². The van der Waals surface area contributed by atoms with E-state index in [-0.39, 0.29) is 11.5 Å². The summed E-state index contributed by atoms with van der Waals surface area (Å²) in [5.41, 5.74) is 7.22. The quantitative estimate of drug-likeness (QED) is 0.538. The van der Waals surface area contributed by atoms with Crippen LogP contribution in [0.4, 0.5) is 22.1 Å². The van der Waals surface area contributed by atoms with Gasteiger partial charge in [0.2, 0.25) is 0 Å². The molecule has 2 amide bonds. The van der Waals surface area contributed by atoms with Gasteiger partial charge in [-0.15, -0.1) is 0 Å². The van der Waals surface area contributed by atoms with Gasteiger partial charge in [-0.25, -0.2) is 14.8 Å². The minimum atomic E-state index is -0.656. The second-order valence-corrected chi connectivity index (χ2v) is 8.26. The Morgan fingerprint density at radius 3 is 2.53 bits per heavy atom. The maximum absolute atomic E-state index is 12.0. The van der Waals surface area contributed by atoms with Crippen molar-refractivity contribution in [3.05, 3.63) is 35.4 Å². The summed E-state index contributed by atoms with van der Waals surface area (Å²) in [7, 11) is 1.92. The molecular formula is C22H33N7O3. The Bertz CT molecular complexity index is 957. The van der Waals surface area contributed by atoms with E-state index in [0.717, 1.165) is 12.2 Å². The number of aromatic nitrogens is 3. The average molecular weight is 444 g/mol. The molecule has 0 saturated carbocycles. The van der Waals surface area contributed by atoms with Crippen LogP contribution in [0.2, 0.25) is 0 Å². The fourth-order valence-electron chi connectivity index (χ4n) is 2.85. The third-order valence-corrected chi connectivity index (χ3v) is 4.48. The first-order chi connectivity index (χ1) is 15.0. The molecule has 2 aromatic heterocycles. The number of nitrogens with zero attached hydrogens (tertiary/aromatic N) is 4. The van der Waals surface area contributed by atoms with Crippen molar-refractivity contribution in [1.29, 1.82) is 0 Å². The smallest absolute Gasteiger partial charge is 0.407 e. The van der Waals surface area contributed by atoms with E-state index in [1.54, 1.807) is 12.3 Å². The Balaban J connectivity index is 2.18. The number of carbonyl (C=O) groups excluding carboxylic acids is 2. The van der Waals surface area contributed by atoms with Gasteiger partial charge in [-0.05, 0) is 46.2 Å². The maximum Gasteiger partial charge on any atom is 0.407 e. The molecule has 10 nitrogen and oxygen atoms in total. The summed E-state index contributed by atoms with van der Waals surface area (Å²) in [5.74, 6) is 0.323. The molecule has 2 rings (SSSR count). The van der Waals surface area contributed by atoms with Crippen LogP contribution in [0.1, 0.15) is 56.5 Å². The lowest BCUT2D eigenvalue weighted by Gasteiger charge is -2.21. The summed E-state index contributed by atoms with van der Waals surface area (Å²) in [6, 6.07) is 3.58. The molecule has 10 heteroatoms. The van der Waals surface area contributed by atoms with Crippen LogP contribution in [0.5, 0.6) is 0 Å². The van der Waals surface area contributed by atoms with Gasteiger partial charge in [0.25, 0.3) is 5.91 Å². The number of nitrogens with two attached hydrogens (primary N) is 1. The number of hydrogen-bond acceptors (Lipinski definition) is 8. The highest BCUT2D eigenvalue weighted by Gasteiger charge is 2.19. The molecule has 0 aliphatic heterocycles. The third-order valence-electron chi connectivity index (χ3n) is 4.48. The first kappa shape index (κ1) is 24.8. The fourth-order valence-corrected chi connectivity index (χ4v) is 2.85. The van der Waals surface area contributed by atoms with Gasteiger partial charge in [-0.1, -0.05) is 6.92 Å². The Kier molecular flexibility index (Phi) is 8.34. The second kappa shape index (κ2) is 10.7. The standard InChI is InChI=1S/C22H33N7O3/c1-7-16-20(29(6)8-2)28-19(17(27-16)18(23)30)26-15-10-11-24-14(13-15)9-12-25-21(31)32-22(3,4)5/h10-11,13H,7-9,12H2,1-6H3,(H2,23,30)(H,25,31)(H,24,26,28). The minimum Gasteiger partial charge on any atom is -0.444 e. The highest BCUT2D eigenvalue weighted by atomic mass is 16.6. The number of amides is 2. The van der Waals surface area contributed by atoms with E-state index in [1.165, 1.54) is 0 Å². The predicted octanol–water partition coefficient (Wildman–Crippen LogP) is 2.80. The maximum atomic E-state index is 12.0. The molecule has 0 aromatic carbocycles. The Morgan fingerprint density at radius 1 is 1.22 bits per heavy atom. The van der Waals surface area contributed by atoms with E-state index in [1.807, 2.05) is 52.6 Å². The van der Waals surface area contributed by atoms with Gasteiger partial charge in [0.15, 0.2) is 17.3 Å². The zero-order valence-corrected chi connectivity index (χ0v) is 19.7. The number of primary amides is 1. The summed E-state index contributed by atoms with van der Waals surface area (Å²) < 4.78 is 5.23. The largest absolute Gasteiger partial charge is 0.444 e. The average Bonchev–Trinajstić information content (AvgIpc) is 2.71. The molecule has 2 aromatic rings. The number of ether oxygens (including phenoxy) is 1. The number of anilines is 3. The lowest BCUT2D eigenvalue weighted by atomic mass is 10.2. The molecule has 0 fully saturated rings. The van der Waals surface area contributed by atoms with Crippen molar-refractivity contribution in [2.45, 2.75) is 53.1 Å². The van der Waals surface area contributed by atoms with Gasteiger partial charge >= 0.3 is 6.09 Å². The van der Waals surface area contributed by atoms with Gasteiger partial charge in [-0.3, -0.25) is 9.78 Å².